The van der Waals surface area contributed by atoms with Gasteiger partial charge in [0, 0.05) is 6.54 Å². The van der Waals surface area contributed by atoms with Crippen molar-refractivity contribution in [2.75, 3.05) is 19.8 Å². The topological polar surface area (TPSA) is 73.7 Å². The summed E-state index contributed by atoms with van der Waals surface area (Å²) in [4.78, 5) is 31.3. The molecule has 0 radical (unpaired) electrons. The number of rotatable bonds is 3. The first-order valence-corrected chi connectivity index (χ1v) is 8.81. The van der Waals surface area contributed by atoms with Crippen LogP contribution in [0.25, 0.3) is 10.9 Å². The summed E-state index contributed by atoms with van der Waals surface area (Å²) in [5, 5.41) is 0.165. The van der Waals surface area contributed by atoms with Crippen LogP contribution in [0.2, 0.25) is 0 Å². The van der Waals surface area contributed by atoms with Crippen molar-refractivity contribution in [3.8, 4) is 0 Å². The number of carbonyl (C=O) groups is 1. The monoisotopic (exact) mass is 361 g/mol. The third-order valence-corrected chi connectivity index (χ3v) is 4.92. The van der Waals surface area contributed by atoms with Crippen LogP contribution in [-0.4, -0.2) is 52.4 Å². The van der Waals surface area contributed by atoms with Crippen LogP contribution >= 0.6 is 0 Å². The molecule has 8 heteroatoms. The fourth-order valence-electron chi connectivity index (χ4n) is 3.63. The van der Waals surface area contributed by atoms with Crippen molar-refractivity contribution in [3.05, 3.63) is 40.7 Å². The molecule has 1 atom stereocenters. The molecule has 1 unspecified atom stereocenters. The Morgan fingerprint density at radius 2 is 2.08 bits per heavy atom. The van der Waals surface area contributed by atoms with Crippen molar-refractivity contribution in [1.29, 1.82) is 0 Å². The maximum atomic E-state index is 13.4. The zero-order valence-electron chi connectivity index (χ0n) is 14.3. The number of likely N-dealkylation sites (tertiary alicyclic amines) is 1. The number of halogens is 1. The Labute approximate surface area is 149 Å². The summed E-state index contributed by atoms with van der Waals surface area (Å²) in [6.45, 7) is 1.53. The summed E-state index contributed by atoms with van der Waals surface area (Å²) in [6.07, 6.45) is 3.66. The molecule has 1 aromatic carbocycles. The van der Waals surface area contributed by atoms with Crippen LogP contribution in [0.3, 0.4) is 0 Å². The Balaban J connectivity index is 1.57. The normalized spacial score (nSPS) is 21.4. The minimum absolute atomic E-state index is 0.137. The van der Waals surface area contributed by atoms with E-state index in [2.05, 4.69) is 4.98 Å². The van der Waals surface area contributed by atoms with Gasteiger partial charge in [0.1, 0.15) is 12.4 Å². The maximum Gasteiger partial charge on any atom is 0.261 e. The zero-order chi connectivity index (χ0) is 18.1. The van der Waals surface area contributed by atoms with Gasteiger partial charge in [-0.25, -0.2) is 9.37 Å². The molecule has 2 saturated heterocycles. The minimum Gasteiger partial charge on any atom is -0.348 e. The molecule has 0 aliphatic carbocycles. The van der Waals surface area contributed by atoms with Crippen molar-refractivity contribution in [2.45, 2.75) is 38.1 Å². The zero-order valence-corrected chi connectivity index (χ0v) is 14.3. The van der Waals surface area contributed by atoms with E-state index in [0.29, 0.717) is 25.3 Å². The predicted molar refractivity (Wildman–Crippen MR) is 91.0 cm³/mol. The number of benzene rings is 1. The highest BCUT2D eigenvalue weighted by atomic mass is 19.1. The summed E-state index contributed by atoms with van der Waals surface area (Å²) in [5.41, 5.74) is -0.0199. The molecular weight excluding hydrogens is 341 g/mol. The van der Waals surface area contributed by atoms with Crippen LogP contribution in [0.15, 0.2) is 29.3 Å². The highest BCUT2D eigenvalue weighted by Crippen LogP contribution is 2.24. The molecular formula is C18H20FN3O4. The summed E-state index contributed by atoms with van der Waals surface area (Å²) in [6, 6.07) is 3.72. The van der Waals surface area contributed by atoms with Gasteiger partial charge >= 0.3 is 0 Å². The first-order chi connectivity index (χ1) is 12.6. The van der Waals surface area contributed by atoms with Gasteiger partial charge in [-0.1, -0.05) is 0 Å². The van der Waals surface area contributed by atoms with Gasteiger partial charge in [0.25, 0.3) is 5.56 Å². The quantitative estimate of drug-likeness (QED) is 0.824. The van der Waals surface area contributed by atoms with Gasteiger partial charge in [0.2, 0.25) is 5.91 Å². The number of hydrogen-bond acceptors (Lipinski definition) is 5. The Morgan fingerprint density at radius 3 is 2.88 bits per heavy atom. The molecule has 2 aliphatic rings. The summed E-state index contributed by atoms with van der Waals surface area (Å²) in [7, 11) is 0. The van der Waals surface area contributed by atoms with Crippen molar-refractivity contribution in [1.82, 2.24) is 14.5 Å². The van der Waals surface area contributed by atoms with E-state index in [4.69, 9.17) is 9.47 Å². The lowest BCUT2D eigenvalue weighted by molar-refractivity contribution is -0.151. The third-order valence-electron chi connectivity index (χ3n) is 4.92. The molecule has 3 heterocycles. The molecule has 2 aromatic rings. The maximum absolute atomic E-state index is 13.4. The summed E-state index contributed by atoms with van der Waals surface area (Å²) < 4.78 is 25.8. The number of fused-ring (bicyclic) bond motifs is 1. The average molecular weight is 361 g/mol. The second-order valence-electron chi connectivity index (χ2n) is 6.60. The highest BCUT2D eigenvalue weighted by molar-refractivity contribution is 5.79. The predicted octanol–water partition coefficient (Wildman–Crippen LogP) is 1.29. The Hall–Kier alpha value is -2.32. The van der Waals surface area contributed by atoms with E-state index in [1.807, 2.05) is 0 Å². The van der Waals surface area contributed by atoms with E-state index in [-0.39, 0.29) is 23.9 Å². The van der Waals surface area contributed by atoms with Crippen molar-refractivity contribution >= 4 is 16.8 Å². The van der Waals surface area contributed by atoms with Crippen LogP contribution in [-0.2, 0) is 20.8 Å². The Bertz CT molecular complexity index is 878. The van der Waals surface area contributed by atoms with Gasteiger partial charge in [-0.3, -0.25) is 14.2 Å². The lowest BCUT2D eigenvalue weighted by atomic mass is 10.0. The van der Waals surface area contributed by atoms with E-state index < -0.39 is 17.7 Å². The standard InChI is InChI=1S/C18H20FN3O4/c19-12-4-5-14-13(9-12)17(24)21(11-20-14)10-16(23)22-6-2-1-3-15(22)18-25-7-8-26-18/h4-5,9,11,15,18H,1-3,6-8,10H2. The van der Waals surface area contributed by atoms with Gasteiger partial charge in [0.15, 0.2) is 6.29 Å². The van der Waals surface area contributed by atoms with E-state index in [9.17, 15) is 14.0 Å². The molecule has 2 aliphatic heterocycles. The fourth-order valence-corrected chi connectivity index (χ4v) is 3.63. The van der Waals surface area contributed by atoms with Crippen LogP contribution in [0, 0.1) is 5.82 Å². The number of piperidine rings is 1. The highest BCUT2D eigenvalue weighted by Gasteiger charge is 2.36. The second-order valence-corrected chi connectivity index (χ2v) is 6.60. The number of ether oxygens (including phenoxy) is 2. The lowest BCUT2D eigenvalue weighted by Crippen LogP contribution is -2.51. The molecule has 2 fully saturated rings. The number of carbonyl (C=O) groups excluding carboxylic acids is 1. The second kappa shape index (κ2) is 7.13. The third kappa shape index (κ3) is 3.22. The number of aromatic nitrogens is 2. The molecule has 0 N–H and O–H groups in total. The van der Waals surface area contributed by atoms with Gasteiger partial charge in [-0.2, -0.15) is 0 Å². The average Bonchev–Trinajstić information content (AvgIpc) is 3.19. The van der Waals surface area contributed by atoms with Crippen molar-refractivity contribution in [2.24, 2.45) is 0 Å². The fraction of sp³-hybridized carbons (Fsp3) is 0.500. The summed E-state index contributed by atoms with van der Waals surface area (Å²) >= 11 is 0. The SMILES string of the molecule is O=C(Cn1cnc2ccc(F)cc2c1=O)N1CCCCC1C1OCCO1. The lowest BCUT2D eigenvalue weighted by Gasteiger charge is -2.38. The Kier molecular flexibility index (Phi) is 4.69. The molecule has 1 amide bonds. The van der Waals surface area contributed by atoms with E-state index in [0.717, 1.165) is 25.3 Å². The molecule has 0 spiro atoms. The summed E-state index contributed by atoms with van der Waals surface area (Å²) in [5.74, 6) is -0.694. The molecule has 4 rings (SSSR count). The van der Waals surface area contributed by atoms with Crippen molar-refractivity contribution in [3.63, 3.8) is 0 Å². The van der Waals surface area contributed by atoms with E-state index in [1.54, 1.807) is 4.90 Å². The number of amides is 1. The van der Waals surface area contributed by atoms with Gasteiger partial charge in [-0.15, -0.1) is 0 Å². The smallest absolute Gasteiger partial charge is 0.261 e. The molecule has 1 aromatic heterocycles. The van der Waals surface area contributed by atoms with E-state index in [1.165, 1.54) is 23.0 Å². The largest absolute Gasteiger partial charge is 0.348 e. The first kappa shape index (κ1) is 17.1. The van der Waals surface area contributed by atoms with E-state index >= 15 is 0 Å². The Morgan fingerprint density at radius 1 is 1.27 bits per heavy atom. The van der Waals surface area contributed by atoms with Gasteiger partial charge in [-0.05, 0) is 37.5 Å². The molecule has 26 heavy (non-hydrogen) atoms. The molecule has 7 nitrogen and oxygen atoms in total. The molecule has 0 bridgehead atoms. The minimum atomic E-state index is -0.507. The van der Waals surface area contributed by atoms with Crippen LogP contribution < -0.4 is 5.56 Å². The van der Waals surface area contributed by atoms with Crippen molar-refractivity contribution < 1.29 is 18.7 Å². The first-order valence-electron chi connectivity index (χ1n) is 8.81. The molecule has 138 valence electrons. The number of nitrogens with zero attached hydrogens (tertiary/aromatic N) is 3. The van der Waals surface area contributed by atoms with Crippen LogP contribution in [0.1, 0.15) is 19.3 Å². The van der Waals surface area contributed by atoms with Crippen LogP contribution in [0.4, 0.5) is 4.39 Å². The van der Waals surface area contributed by atoms with Gasteiger partial charge in [0.05, 0.1) is 36.5 Å². The van der Waals surface area contributed by atoms with Crippen LogP contribution in [0.5, 0.6) is 0 Å². The van der Waals surface area contributed by atoms with Gasteiger partial charge < -0.3 is 14.4 Å². The number of hydrogen-bond donors (Lipinski definition) is 0. The molecule has 0 saturated carbocycles.